The molecule has 0 aromatic heterocycles. The van der Waals surface area contributed by atoms with Crippen molar-refractivity contribution in [2.75, 3.05) is 38.2 Å². The zero-order chi connectivity index (χ0) is 15.1. The van der Waals surface area contributed by atoms with Crippen molar-refractivity contribution >= 4 is 11.4 Å². The Labute approximate surface area is 126 Å². The van der Waals surface area contributed by atoms with E-state index in [1.807, 2.05) is 36.4 Å². The minimum absolute atomic E-state index is 0.654. The topological polar surface area (TPSA) is 64.5 Å². The fourth-order valence-electron chi connectivity index (χ4n) is 2.04. The summed E-state index contributed by atoms with van der Waals surface area (Å²) < 4.78 is 5.69. The maximum atomic E-state index is 5.71. The van der Waals surface area contributed by atoms with Crippen LogP contribution in [0.3, 0.4) is 0 Å². The molecule has 21 heavy (non-hydrogen) atoms. The predicted octanol–water partition coefficient (Wildman–Crippen LogP) is 2.40. The molecule has 0 aliphatic heterocycles. The van der Waals surface area contributed by atoms with Crippen molar-refractivity contribution in [3.63, 3.8) is 0 Å². The second-order valence-corrected chi connectivity index (χ2v) is 5.22. The minimum atomic E-state index is 0.654. The summed E-state index contributed by atoms with van der Waals surface area (Å²) in [5.74, 6) is 0.821. The van der Waals surface area contributed by atoms with Crippen molar-refractivity contribution in [2.45, 2.75) is 6.42 Å². The highest BCUT2D eigenvalue weighted by atomic mass is 16.5. The van der Waals surface area contributed by atoms with Crippen molar-refractivity contribution in [3.05, 3.63) is 54.1 Å². The average Bonchev–Trinajstić information content (AvgIpc) is 2.47. The third kappa shape index (κ3) is 5.36. The number of likely N-dealkylation sites (N-methyl/N-ethyl adjacent to an activating group) is 1. The van der Waals surface area contributed by atoms with Crippen LogP contribution in [0.5, 0.6) is 5.75 Å². The van der Waals surface area contributed by atoms with Gasteiger partial charge in [0.15, 0.2) is 0 Å². The number of benzene rings is 2. The Bertz CT molecular complexity index is 554. The van der Waals surface area contributed by atoms with E-state index >= 15 is 0 Å². The van der Waals surface area contributed by atoms with E-state index in [-0.39, 0.29) is 0 Å². The van der Waals surface area contributed by atoms with Gasteiger partial charge in [-0.05, 0) is 43.3 Å². The minimum Gasteiger partial charge on any atom is -0.492 e. The standard InChI is InChI=1S/C17H23N3O/c1-20(10-9-14-5-7-15(18)8-6-14)11-12-21-17-4-2-3-16(19)13-17/h2-8,13H,9-12,18-19H2,1H3. The van der Waals surface area contributed by atoms with Gasteiger partial charge in [0.1, 0.15) is 12.4 Å². The normalized spacial score (nSPS) is 10.8. The van der Waals surface area contributed by atoms with Gasteiger partial charge in [0.25, 0.3) is 0 Å². The third-order valence-electron chi connectivity index (χ3n) is 3.36. The van der Waals surface area contributed by atoms with Crippen molar-refractivity contribution < 1.29 is 4.74 Å². The first-order valence-corrected chi connectivity index (χ1v) is 7.15. The maximum Gasteiger partial charge on any atom is 0.121 e. The lowest BCUT2D eigenvalue weighted by Crippen LogP contribution is -2.26. The Hall–Kier alpha value is -2.20. The number of nitrogen functional groups attached to an aromatic ring is 2. The zero-order valence-electron chi connectivity index (χ0n) is 12.5. The molecule has 0 fully saturated rings. The van der Waals surface area contributed by atoms with E-state index in [0.29, 0.717) is 6.61 Å². The van der Waals surface area contributed by atoms with Crippen molar-refractivity contribution in [2.24, 2.45) is 0 Å². The second-order valence-electron chi connectivity index (χ2n) is 5.22. The number of nitrogens with zero attached hydrogens (tertiary/aromatic N) is 1. The van der Waals surface area contributed by atoms with Crippen LogP contribution in [0.15, 0.2) is 48.5 Å². The zero-order valence-corrected chi connectivity index (χ0v) is 12.5. The van der Waals surface area contributed by atoms with E-state index in [4.69, 9.17) is 16.2 Å². The van der Waals surface area contributed by atoms with Gasteiger partial charge in [0.05, 0.1) is 0 Å². The molecule has 0 saturated carbocycles. The van der Waals surface area contributed by atoms with Gasteiger partial charge in [-0.1, -0.05) is 18.2 Å². The van der Waals surface area contributed by atoms with Crippen molar-refractivity contribution in [3.8, 4) is 5.75 Å². The van der Waals surface area contributed by atoms with Gasteiger partial charge in [0, 0.05) is 30.5 Å². The summed E-state index contributed by atoms with van der Waals surface area (Å²) in [6.45, 7) is 2.52. The van der Waals surface area contributed by atoms with E-state index in [1.165, 1.54) is 5.56 Å². The Morgan fingerprint density at radius 2 is 1.71 bits per heavy atom. The first-order chi connectivity index (χ1) is 10.1. The van der Waals surface area contributed by atoms with Crippen LogP contribution in [-0.2, 0) is 6.42 Å². The number of nitrogens with two attached hydrogens (primary N) is 2. The van der Waals surface area contributed by atoms with Gasteiger partial charge in [-0.25, -0.2) is 0 Å². The molecule has 2 aromatic carbocycles. The number of ether oxygens (including phenoxy) is 1. The van der Waals surface area contributed by atoms with Gasteiger partial charge >= 0.3 is 0 Å². The molecule has 0 aliphatic carbocycles. The summed E-state index contributed by atoms with van der Waals surface area (Å²) in [7, 11) is 2.10. The molecule has 0 spiro atoms. The summed E-state index contributed by atoms with van der Waals surface area (Å²) in [5, 5.41) is 0. The molecule has 2 aromatic rings. The molecular formula is C17H23N3O. The van der Waals surface area contributed by atoms with Gasteiger partial charge in [-0.2, -0.15) is 0 Å². The first kappa shape index (κ1) is 15.2. The monoisotopic (exact) mass is 285 g/mol. The number of anilines is 2. The Kier molecular flexibility index (Phi) is 5.46. The molecule has 4 nitrogen and oxygen atoms in total. The Morgan fingerprint density at radius 3 is 2.43 bits per heavy atom. The van der Waals surface area contributed by atoms with Gasteiger partial charge < -0.3 is 21.1 Å². The SMILES string of the molecule is CN(CCOc1cccc(N)c1)CCc1ccc(N)cc1. The molecule has 0 aliphatic rings. The molecule has 112 valence electrons. The predicted molar refractivity (Wildman–Crippen MR) is 88.4 cm³/mol. The molecule has 0 heterocycles. The molecule has 0 unspecified atom stereocenters. The maximum absolute atomic E-state index is 5.71. The lowest BCUT2D eigenvalue weighted by molar-refractivity contribution is 0.239. The summed E-state index contributed by atoms with van der Waals surface area (Å²) >= 11 is 0. The van der Waals surface area contributed by atoms with E-state index in [1.54, 1.807) is 0 Å². The highest BCUT2D eigenvalue weighted by molar-refractivity contribution is 5.43. The fraction of sp³-hybridized carbons (Fsp3) is 0.294. The quantitative estimate of drug-likeness (QED) is 0.767. The molecule has 2 rings (SSSR count). The van der Waals surface area contributed by atoms with Gasteiger partial charge in [0.2, 0.25) is 0 Å². The van der Waals surface area contributed by atoms with E-state index in [2.05, 4.69) is 24.1 Å². The number of hydrogen-bond donors (Lipinski definition) is 2. The molecule has 0 saturated heterocycles. The summed E-state index contributed by atoms with van der Waals surface area (Å²) in [6, 6.07) is 15.6. The van der Waals surface area contributed by atoms with E-state index < -0.39 is 0 Å². The van der Waals surface area contributed by atoms with E-state index in [0.717, 1.165) is 36.6 Å². The van der Waals surface area contributed by atoms with Gasteiger partial charge in [-0.15, -0.1) is 0 Å². The largest absolute Gasteiger partial charge is 0.492 e. The smallest absolute Gasteiger partial charge is 0.121 e. The average molecular weight is 285 g/mol. The van der Waals surface area contributed by atoms with Crippen LogP contribution < -0.4 is 16.2 Å². The summed E-state index contributed by atoms with van der Waals surface area (Å²) in [4.78, 5) is 2.25. The van der Waals surface area contributed by atoms with Crippen LogP contribution >= 0.6 is 0 Å². The molecule has 0 atom stereocenters. The highest BCUT2D eigenvalue weighted by Gasteiger charge is 2.01. The van der Waals surface area contributed by atoms with Crippen LogP contribution in [-0.4, -0.2) is 31.6 Å². The van der Waals surface area contributed by atoms with Crippen molar-refractivity contribution in [1.82, 2.24) is 4.90 Å². The molecular weight excluding hydrogens is 262 g/mol. The molecule has 4 heteroatoms. The lowest BCUT2D eigenvalue weighted by atomic mass is 10.1. The number of hydrogen-bond acceptors (Lipinski definition) is 4. The van der Waals surface area contributed by atoms with Crippen LogP contribution in [0, 0.1) is 0 Å². The van der Waals surface area contributed by atoms with Crippen LogP contribution in [0.4, 0.5) is 11.4 Å². The van der Waals surface area contributed by atoms with Crippen LogP contribution in [0.2, 0.25) is 0 Å². The molecule has 4 N–H and O–H groups in total. The van der Waals surface area contributed by atoms with Crippen LogP contribution in [0.1, 0.15) is 5.56 Å². The fourth-order valence-corrected chi connectivity index (χ4v) is 2.04. The first-order valence-electron chi connectivity index (χ1n) is 7.15. The van der Waals surface area contributed by atoms with Gasteiger partial charge in [-0.3, -0.25) is 0 Å². The summed E-state index contributed by atoms with van der Waals surface area (Å²) in [5.41, 5.74) is 14.2. The number of rotatable bonds is 7. The molecule has 0 radical (unpaired) electrons. The Morgan fingerprint density at radius 1 is 0.952 bits per heavy atom. The second kappa shape index (κ2) is 7.55. The highest BCUT2D eigenvalue weighted by Crippen LogP contribution is 2.14. The molecule has 0 bridgehead atoms. The lowest BCUT2D eigenvalue weighted by Gasteiger charge is -2.17. The summed E-state index contributed by atoms with van der Waals surface area (Å²) in [6.07, 6.45) is 1.01. The Balaban J connectivity index is 1.67. The van der Waals surface area contributed by atoms with Crippen LogP contribution in [0.25, 0.3) is 0 Å². The van der Waals surface area contributed by atoms with Crippen molar-refractivity contribution in [1.29, 1.82) is 0 Å². The molecule has 0 amide bonds. The van der Waals surface area contributed by atoms with E-state index in [9.17, 15) is 0 Å². The third-order valence-corrected chi connectivity index (χ3v) is 3.36.